The molecule has 1 heterocycles. The van der Waals surface area contributed by atoms with E-state index in [-0.39, 0.29) is 0 Å². The Kier molecular flexibility index (Phi) is 3.28. The lowest BCUT2D eigenvalue weighted by molar-refractivity contribution is 0.664. The van der Waals surface area contributed by atoms with Gasteiger partial charge in [0.1, 0.15) is 11.2 Å². The highest BCUT2D eigenvalue weighted by Crippen LogP contribution is 2.42. The molecule has 3 heteroatoms. The van der Waals surface area contributed by atoms with Gasteiger partial charge in [-0.2, -0.15) is 0 Å². The minimum absolute atomic E-state index is 0.913. The fourth-order valence-corrected chi connectivity index (χ4v) is 4.83. The maximum atomic E-state index is 6.42. The van der Waals surface area contributed by atoms with Crippen LogP contribution >= 0.6 is 31.9 Å². The highest BCUT2D eigenvalue weighted by Gasteiger charge is 2.16. The molecule has 4 aromatic carbocycles. The van der Waals surface area contributed by atoms with Crippen molar-refractivity contribution in [3.05, 3.63) is 68.6 Å². The number of fused-ring (bicyclic) bond motifs is 1. The zero-order valence-corrected chi connectivity index (χ0v) is 17.0. The van der Waals surface area contributed by atoms with Crippen LogP contribution in [0.4, 0.5) is 0 Å². The van der Waals surface area contributed by atoms with E-state index in [2.05, 4.69) is 94.2 Å². The fourth-order valence-electron chi connectivity index (χ4n) is 3.90. The van der Waals surface area contributed by atoms with Crippen molar-refractivity contribution in [3.8, 4) is 0 Å². The van der Waals surface area contributed by atoms with Crippen molar-refractivity contribution in [2.75, 3.05) is 0 Å². The Hall–Kier alpha value is -1.84. The van der Waals surface area contributed by atoms with Gasteiger partial charge in [-0.3, -0.25) is 0 Å². The van der Waals surface area contributed by atoms with E-state index in [0.717, 1.165) is 20.1 Å². The first kappa shape index (κ1) is 15.4. The monoisotopic (exact) mass is 452 g/mol. The van der Waals surface area contributed by atoms with Gasteiger partial charge < -0.3 is 4.42 Å². The third-order valence-corrected chi connectivity index (χ3v) is 6.45. The number of aryl methyl sites for hydroxylation is 2. The lowest BCUT2D eigenvalue weighted by Gasteiger charge is -2.10. The van der Waals surface area contributed by atoms with Gasteiger partial charge in [0, 0.05) is 30.5 Å². The maximum absolute atomic E-state index is 6.42. The van der Waals surface area contributed by atoms with Crippen molar-refractivity contribution in [1.29, 1.82) is 0 Å². The van der Waals surface area contributed by atoms with Crippen molar-refractivity contribution >= 4 is 75.3 Å². The summed E-state index contributed by atoms with van der Waals surface area (Å²) in [6.07, 6.45) is 0. The van der Waals surface area contributed by atoms with Crippen molar-refractivity contribution in [2.45, 2.75) is 13.8 Å². The molecule has 0 spiro atoms. The van der Waals surface area contributed by atoms with Gasteiger partial charge in [-0.05, 0) is 60.0 Å². The largest absolute Gasteiger partial charge is 0.456 e. The first-order valence-corrected chi connectivity index (χ1v) is 9.76. The second-order valence-corrected chi connectivity index (χ2v) is 8.26. The van der Waals surface area contributed by atoms with E-state index in [1.807, 2.05) is 0 Å². The predicted molar refractivity (Wildman–Crippen MR) is 114 cm³/mol. The van der Waals surface area contributed by atoms with Crippen molar-refractivity contribution in [3.63, 3.8) is 0 Å². The fraction of sp³-hybridized carbons (Fsp3) is 0.0909. The van der Waals surface area contributed by atoms with Crippen LogP contribution in [0.5, 0.6) is 0 Å². The molecule has 0 unspecified atom stereocenters. The molecule has 0 aliphatic carbocycles. The van der Waals surface area contributed by atoms with Gasteiger partial charge in [-0.1, -0.05) is 56.1 Å². The van der Waals surface area contributed by atoms with E-state index < -0.39 is 0 Å². The quantitative estimate of drug-likeness (QED) is 0.231. The van der Waals surface area contributed by atoms with Gasteiger partial charge in [0.05, 0.1) is 0 Å². The Morgan fingerprint density at radius 2 is 1.00 bits per heavy atom. The molecule has 0 radical (unpaired) electrons. The number of halogens is 2. The summed E-state index contributed by atoms with van der Waals surface area (Å²) < 4.78 is 8.61. The van der Waals surface area contributed by atoms with Crippen LogP contribution in [0.3, 0.4) is 0 Å². The Labute approximate surface area is 161 Å². The molecule has 1 nitrogen and oxygen atoms in total. The second-order valence-electron chi connectivity index (χ2n) is 6.55. The molecule has 0 fully saturated rings. The standard InChI is InChI=1S/C22H14Br2O/c1-11-3-5-13-15(23)7-9-17-21(13)19(11)20-12(2)4-6-14-16(24)8-10-18(25-17)22(14)20/h3-10H,1-2H3. The van der Waals surface area contributed by atoms with Crippen LogP contribution in [-0.4, -0.2) is 0 Å². The zero-order valence-electron chi connectivity index (χ0n) is 13.8. The summed E-state index contributed by atoms with van der Waals surface area (Å²) >= 11 is 7.42. The molecule has 0 bridgehead atoms. The molecular weight excluding hydrogens is 440 g/mol. The summed E-state index contributed by atoms with van der Waals surface area (Å²) in [5, 5.41) is 7.26. The molecule has 0 saturated heterocycles. The number of rotatable bonds is 0. The van der Waals surface area contributed by atoms with Crippen LogP contribution in [0.15, 0.2) is 61.9 Å². The molecule has 0 amide bonds. The van der Waals surface area contributed by atoms with Crippen LogP contribution < -0.4 is 0 Å². The van der Waals surface area contributed by atoms with Crippen LogP contribution in [0.25, 0.3) is 43.5 Å². The van der Waals surface area contributed by atoms with Crippen LogP contribution in [-0.2, 0) is 0 Å². The van der Waals surface area contributed by atoms with E-state index in [4.69, 9.17) is 4.42 Å². The van der Waals surface area contributed by atoms with E-state index in [9.17, 15) is 0 Å². The first-order chi connectivity index (χ1) is 12.1. The molecule has 0 N–H and O–H groups in total. The number of hydrogen-bond acceptors (Lipinski definition) is 1. The lowest BCUT2D eigenvalue weighted by atomic mass is 9.94. The third-order valence-electron chi connectivity index (χ3n) is 5.07. The molecule has 5 aromatic rings. The SMILES string of the molecule is Cc1ccc2c(Br)ccc3oc4ccc(Br)c5ccc(C)c(c1c32)c45. The summed E-state index contributed by atoms with van der Waals surface area (Å²) in [4.78, 5) is 0. The number of hydrogen-bond donors (Lipinski definition) is 0. The van der Waals surface area contributed by atoms with Crippen molar-refractivity contribution in [2.24, 2.45) is 0 Å². The van der Waals surface area contributed by atoms with Crippen LogP contribution in [0.1, 0.15) is 11.1 Å². The second kappa shape index (κ2) is 5.33. The Bertz CT molecular complexity index is 1230. The highest BCUT2D eigenvalue weighted by molar-refractivity contribution is 9.11. The van der Waals surface area contributed by atoms with Crippen LogP contribution in [0, 0.1) is 13.8 Å². The van der Waals surface area contributed by atoms with Crippen molar-refractivity contribution in [1.82, 2.24) is 0 Å². The smallest absolute Gasteiger partial charge is 0.135 e. The van der Waals surface area contributed by atoms with E-state index in [1.165, 1.54) is 43.4 Å². The average Bonchev–Trinajstić information content (AvgIpc) is 2.75. The van der Waals surface area contributed by atoms with E-state index >= 15 is 0 Å². The summed E-state index contributed by atoms with van der Waals surface area (Å²) in [5.74, 6) is 0. The minimum atomic E-state index is 0.913. The zero-order chi connectivity index (χ0) is 17.3. The van der Waals surface area contributed by atoms with Gasteiger partial charge in [0.15, 0.2) is 0 Å². The topological polar surface area (TPSA) is 13.1 Å². The molecule has 122 valence electrons. The van der Waals surface area contributed by atoms with Gasteiger partial charge >= 0.3 is 0 Å². The van der Waals surface area contributed by atoms with Gasteiger partial charge in [-0.25, -0.2) is 0 Å². The summed E-state index contributed by atoms with van der Waals surface area (Å²) in [5.41, 5.74) is 4.35. The first-order valence-electron chi connectivity index (χ1n) is 8.18. The van der Waals surface area contributed by atoms with Crippen molar-refractivity contribution < 1.29 is 4.42 Å². The Morgan fingerprint density at radius 3 is 1.44 bits per heavy atom. The average molecular weight is 454 g/mol. The number of benzene rings is 4. The summed E-state index contributed by atoms with van der Waals surface area (Å²) in [6.45, 7) is 4.36. The van der Waals surface area contributed by atoms with Gasteiger partial charge in [-0.15, -0.1) is 0 Å². The normalized spacial score (nSPS) is 12.0. The Balaban J connectivity index is 2.32. The predicted octanol–water partition coefficient (Wildman–Crippen LogP) is 8.03. The molecule has 0 saturated carbocycles. The lowest BCUT2D eigenvalue weighted by Crippen LogP contribution is -1.86. The third kappa shape index (κ3) is 2.06. The Morgan fingerprint density at radius 1 is 0.560 bits per heavy atom. The minimum Gasteiger partial charge on any atom is -0.456 e. The van der Waals surface area contributed by atoms with Gasteiger partial charge in [0.2, 0.25) is 0 Å². The van der Waals surface area contributed by atoms with E-state index in [0.29, 0.717) is 0 Å². The molecule has 0 aliphatic heterocycles. The van der Waals surface area contributed by atoms with E-state index in [1.54, 1.807) is 0 Å². The molecular formula is C22H14Br2O. The molecule has 5 rings (SSSR count). The summed E-state index contributed by atoms with van der Waals surface area (Å²) in [7, 11) is 0. The maximum Gasteiger partial charge on any atom is 0.135 e. The molecule has 0 aliphatic rings. The van der Waals surface area contributed by atoms with Gasteiger partial charge in [0.25, 0.3) is 0 Å². The highest BCUT2D eigenvalue weighted by atomic mass is 79.9. The molecule has 0 atom stereocenters. The molecule has 25 heavy (non-hydrogen) atoms. The summed E-state index contributed by atoms with van der Waals surface area (Å²) in [6, 6.07) is 17.0. The van der Waals surface area contributed by atoms with Crippen LogP contribution in [0.2, 0.25) is 0 Å². The molecule has 1 aromatic heterocycles.